The lowest BCUT2D eigenvalue weighted by atomic mass is 9.87. The Balaban J connectivity index is 1.40. The molecule has 0 atom stereocenters. The second-order valence-electron chi connectivity index (χ2n) is 7.58. The number of benzene rings is 2. The molecule has 0 aliphatic rings. The van der Waals surface area contributed by atoms with Crippen LogP contribution in [0.2, 0.25) is 0 Å². The SMILES string of the molecule is CC(C)(C)c1ccc(OCCNC(=O)CSc2nncn2-c2ccccc2)cc1. The van der Waals surface area contributed by atoms with Gasteiger partial charge in [0.05, 0.1) is 12.3 Å². The van der Waals surface area contributed by atoms with Gasteiger partial charge in [-0.1, -0.05) is 62.9 Å². The third-order valence-corrected chi connectivity index (χ3v) is 5.24. The highest BCUT2D eigenvalue weighted by molar-refractivity contribution is 7.99. The molecule has 152 valence electrons. The van der Waals surface area contributed by atoms with Gasteiger partial charge < -0.3 is 10.1 Å². The van der Waals surface area contributed by atoms with Crippen LogP contribution in [-0.2, 0) is 10.2 Å². The Kier molecular flexibility index (Phi) is 6.93. The topological polar surface area (TPSA) is 69.0 Å². The van der Waals surface area contributed by atoms with Crippen LogP contribution in [0.25, 0.3) is 5.69 Å². The van der Waals surface area contributed by atoms with Gasteiger partial charge in [0, 0.05) is 5.69 Å². The van der Waals surface area contributed by atoms with Crippen molar-refractivity contribution >= 4 is 17.7 Å². The molecule has 0 aliphatic heterocycles. The van der Waals surface area contributed by atoms with Crippen LogP contribution < -0.4 is 10.1 Å². The molecule has 3 rings (SSSR count). The average molecular weight is 411 g/mol. The average Bonchev–Trinajstić information content (AvgIpc) is 3.19. The van der Waals surface area contributed by atoms with Crippen molar-refractivity contribution in [3.63, 3.8) is 0 Å². The standard InChI is InChI=1S/C22H26N4O2S/c1-22(2,3)17-9-11-19(12-10-17)28-14-13-23-20(27)15-29-21-25-24-16-26(21)18-7-5-4-6-8-18/h4-12,16H,13-15H2,1-3H3,(H,23,27). The first-order valence-electron chi connectivity index (χ1n) is 9.52. The zero-order valence-corrected chi connectivity index (χ0v) is 17.8. The quantitative estimate of drug-likeness (QED) is 0.451. The Hall–Kier alpha value is -2.80. The lowest BCUT2D eigenvalue weighted by Gasteiger charge is -2.19. The van der Waals surface area contributed by atoms with Crippen molar-refractivity contribution in [1.29, 1.82) is 0 Å². The molecule has 1 amide bonds. The second kappa shape index (κ2) is 9.60. The number of carbonyl (C=O) groups excluding carboxylic acids is 1. The van der Waals surface area contributed by atoms with Crippen molar-refractivity contribution in [3.8, 4) is 11.4 Å². The molecule has 0 unspecified atom stereocenters. The minimum Gasteiger partial charge on any atom is -0.492 e. The molecular formula is C22H26N4O2S. The van der Waals surface area contributed by atoms with Crippen molar-refractivity contribution in [2.24, 2.45) is 0 Å². The van der Waals surface area contributed by atoms with Crippen LogP contribution in [-0.4, -0.2) is 39.6 Å². The number of carbonyl (C=O) groups is 1. The van der Waals surface area contributed by atoms with Gasteiger partial charge in [-0.2, -0.15) is 0 Å². The van der Waals surface area contributed by atoms with Crippen LogP contribution in [0.5, 0.6) is 5.75 Å². The maximum Gasteiger partial charge on any atom is 0.230 e. The molecule has 0 spiro atoms. The maximum atomic E-state index is 12.1. The number of aromatic nitrogens is 3. The first-order valence-corrected chi connectivity index (χ1v) is 10.5. The van der Waals surface area contributed by atoms with Crippen molar-refractivity contribution in [2.45, 2.75) is 31.3 Å². The lowest BCUT2D eigenvalue weighted by molar-refractivity contribution is -0.118. The van der Waals surface area contributed by atoms with E-state index in [9.17, 15) is 4.79 Å². The summed E-state index contributed by atoms with van der Waals surface area (Å²) in [6, 6.07) is 17.9. The largest absolute Gasteiger partial charge is 0.492 e. The fourth-order valence-corrected chi connectivity index (χ4v) is 3.44. The van der Waals surface area contributed by atoms with Crippen LogP contribution in [0.1, 0.15) is 26.3 Å². The Morgan fingerprint density at radius 3 is 2.52 bits per heavy atom. The predicted octanol–water partition coefficient (Wildman–Crippen LogP) is 3.85. The minimum atomic E-state index is -0.0655. The number of ether oxygens (including phenoxy) is 1. The molecule has 1 aromatic heterocycles. The maximum absolute atomic E-state index is 12.1. The Morgan fingerprint density at radius 2 is 1.83 bits per heavy atom. The van der Waals surface area contributed by atoms with Gasteiger partial charge in [0.25, 0.3) is 0 Å². The zero-order valence-electron chi connectivity index (χ0n) is 17.0. The van der Waals surface area contributed by atoms with Gasteiger partial charge >= 0.3 is 0 Å². The molecule has 0 saturated carbocycles. The van der Waals surface area contributed by atoms with E-state index in [1.807, 2.05) is 47.0 Å². The summed E-state index contributed by atoms with van der Waals surface area (Å²) in [5.41, 5.74) is 2.35. The monoisotopic (exact) mass is 410 g/mol. The number of hydrogen-bond acceptors (Lipinski definition) is 5. The molecule has 2 aromatic carbocycles. The Labute approximate surface area is 175 Å². The number of amides is 1. The molecule has 0 bridgehead atoms. The summed E-state index contributed by atoms with van der Waals surface area (Å²) in [6.45, 7) is 7.41. The van der Waals surface area contributed by atoms with Gasteiger partial charge in [-0.25, -0.2) is 0 Å². The Bertz CT molecular complexity index is 918. The summed E-state index contributed by atoms with van der Waals surface area (Å²) in [5, 5.41) is 11.6. The number of rotatable bonds is 8. The molecule has 29 heavy (non-hydrogen) atoms. The molecule has 3 aromatic rings. The lowest BCUT2D eigenvalue weighted by Crippen LogP contribution is -2.29. The van der Waals surface area contributed by atoms with Gasteiger partial charge in [0.15, 0.2) is 5.16 Å². The van der Waals surface area contributed by atoms with Crippen LogP contribution in [0.3, 0.4) is 0 Å². The second-order valence-corrected chi connectivity index (χ2v) is 8.52. The number of hydrogen-bond donors (Lipinski definition) is 1. The number of nitrogens with zero attached hydrogens (tertiary/aromatic N) is 3. The number of thioether (sulfide) groups is 1. The summed E-state index contributed by atoms with van der Waals surface area (Å²) in [4.78, 5) is 12.1. The van der Waals surface area contributed by atoms with E-state index in [1.165, 1.54) is 17.3 Å². The fraction of sp³-hybridized carbons (Fsp3) is 0.318. The summed E-state index contributed by atoms with van der Waals surface area (Å²) in [5.74, 6) is 1.01. The molecule has 7 heteroatoms. The first-order chi connectivity index (χ1) is 13.9. The van der Waals surface area contributed by atoms with Crippen molar-refractivity contribution < 1.29 is 9.53 Å². The van der Waals surface area contributed by atoms with Crippen LogP contribution >= 0.6 is 11.8 Å². The van der Waals surface area contributed by atoms with E-state index in [2.05, 4.69) is 48.4 Å². The smallest absolute Gasteiger partial charge is 0.230 e. The molecule has 1 N–H and O–H groups in total. The third kappa shape index (κ3) is 6.09. The van der Waals surface area contributed by atoms with Gasteiger partial charge in [0.1, 0.15) is 18.7 Å². The van der Waals surface area contributed by atoms with Gasteiger partial charge in [-0.3, -0.25) is 9.36 Å². The number of nitrogens with one attached hydrogen (secondary N) is 1. The Morgan fingerprint density at radius 1 is 1.10 bits per heavy atom. The van der Waals surface area contributed by atoms with E-state index in [0.717, 1.165) is 11.4 Å². The summed E-state index contributed by atoms with van der Waals surface area (Å²) in [6.07, 6.45) is 1.65. The highest BCUT2D eigenvalue weighted by Crippen LogP contribution is 2.24. The summed E-state index contributed by atoms with van der Waals surface area (Å²) in [7, 11) is 0. The van der Waals surface area contributed by atoms with Gasteiger partial charge in [-0.15, -0.1) is 10.2 Å². The zero-order chi connectivity index (χ0) is 20.7. The van der Waals surface area contributed by atoms with Crippen molar-refractivity contribution in [1.82, 2.24) is 20.1 Å². The summed E-state index contributed by atoms with van der Waals surface area (Å²) >= 11 is 1.35. The van der Waals surface area contributed by atoms with E-state index >= 15 is 0 Å². The molecule has 0 fully saturated rings. The van der Waals surface area contributed by atoms with Gasteiger partial charge in [-0.05, 0) is 35.2 Å². The van der Waals surface area contributed by atoms with E-state index < -0.39 is 0 Å². The summed E-state index contributed by atoms with van der Waals surface area (Å²) < 4.78 is 7.57. The first kappa shape index (κ1) is 20.9. The fourth-order valence-electron chi connectivity index (χ4n) is 2.68. The molecule has 0 radical (unpaired) electrons. The van der Waals surface area contributed by atoms with E-state index in [4.69, 9.17) is 4.74 Å². The highest BCUT2D eigenvalue weighted by Gasteiger charge is 2.13. The predicted molar refractivity (Wildman–Crippen MR) is 116 cm³/mol. The minimum absolute atomic E-state index is 0.0655. The molecular weight excluding hydrogens is 384 g/mol. The molecule has 0 aliphatic carbocycles. The molecule has 1 heterocycles. The molecule has 6 nitrogen and oxygen atoms in total. The number of para-hydroxylation sites is 1. The van der Waals surface area contributed by atoms with Crippen LogP contribution in [0.15, 0.2) is 66.1 Å². The third-order valence-electron chi connectivity index (χ3n) is 4.30. The van der Waals surface area contributed by atoms with Crippen molar-refractivity contribution in [2.75, 3.05) is 18.9 Å². The van der Waals surface area contributed by atoms with Crippen molar-refractivity contribution in [3.05, 3.63) is 66.5 Å². The van der Waals surface area contributed by atoms with Crippen LogP contribution in [0.4, 0.5) is 0 Å². The van der Waals surface area contributed by atoms with E-state index in [-0.39, 0.29) is 17.1 Å². The van der Waals surface area contributed by atoms with Gasteiger partial charge in [0.2, 0.25) is 5.91 Å². The van der Waals surface area contributed by atoms with E-state index in [1.54, 1.807) is 6.33 Å². The van der Waals surface area contributed by atoms with Crippen LogP contribution in [0, 0.1) is 0 Å². The highest BCUT2D eigenvalue weighted by atomic mass is 32.2. The molecule has 0 saturated heterocycles. The van der Waals surface area contributed by atoms with E-state index in [0.29, 0.717) is 18.3 Å². The normalized spacial score (nSPS) is 11.3.